The van der Waals surface area contributed by atoms with Gasteiger partial charge in [-0.15, -0.1) is 0 Å². The quantitative estimate of drug-likeness (QED) is 0.607. The highest BCUT2D eigenvalue weighted by Crippen LogP contribution is 2.51. The number of carbonyl (C=O) groups is 2. The molecule has 10 heteroatoms. The third-order valence-corrected chi connectivity index (χ3v) is 5.77. The third kappa shape index (κ3) is 2.48. The van der Waals surface area contributed by atoms with Gasteiger partial charge in [0.15, 0.2) is 0 Å². The van der Waals surface area contributed by atoms with Crippen LogP contribution in [0.3, 0.4) is 0 Å². The van der Waals surface area contributed by atoms with Crippen molar-refractivity contribution in [2.45, 2.75) is 18.0 Å². The van der Waals surface area contributed by atoms with Crippen LogP contribution in [0.15, 0.2) is 48.7 Å². The fraction of sp³-hybridized carbons (Fsp3) is 0.150. The highest BCUT2D eigenvalue weighted by molar-refractivity contribution is 6.35. The number of halogens is 4. The predicted octanol–water partition coefficient (Wildman–Crippen LogP) is 4.12. The number of benzene rings is 2. The van der Waals surface area contributed by atoms with Crippen molar-refractivity contribution in [3.05, 3.63) is 70.4 Å². The number of para-hydroxylation sites is 1. The van der Waals surface area contributed by atoms with Crippen LogP contribution in [0, 0.1) is 0 Å². The molecule has 2 aromatic carbocycles. The first kappa shape index (κ1) is 18.7. The molecule has 3 heterocycles. The molecule has 152 valence electrons. The predicted molar refractivity (Wildman–Crippen MR) is 103 cm³/mol. The second-order valence-corrected chi connectivity index (χ2v) is 7.52. The Balaban J connectivity index is 1.68. The van der Waals surface area contributed by atoms with Gasteiger partial charge in [-0.1, -0.05) is 23.7 Å². The average Bonchev–Trinajstić information content (AvgIpc) is 3.23. The summed E-state index contributed by atoms with van der Waals surface area (Å²) < 4.78 is 39.9. The Kier molecular flexibility index (Phi) is 3.79. The summed E-state index contributed by atoms with van der Waals surface area (Å²) in [5.41, 5.74) is -0.365. The van der Waals surface area contributed by atoms with Crippen LogP contribution >= 0.6 is 11.6 Å². The molecule has 0 aliphatic carbocycles. The third-order valence-electron chi connectivity index (χ3n) is 5.45. The number of alkyl halides is 3. The van der Waals surface area contributed by atoms with Gasteiger partial charge in [-0.3, -0.25) is 9.59 Å². The first-order valence-electron chi connectivity index (χ1n) is 8.88. The molecule has 0 radical (unpaired) electrons. The molecule has 6 nitrogen and oxygen atoms in total. The maximum absolute atomic E-state index is 13.1. The molecule has 1 atom stereocenters. The topological polar surface area (TPSA) is 76.0 Å². The number of nitrogens with zero attached hydrogens (tertiary/aromatic N) is 2. The molecule has 0 bridgehead atoms. The van der Waals surface area contributed by atoms with E-state index in [1.165, 1.54) is 23.0 Å². The minimum absolute atomic E-state index is 0.141. The van der Waals surface area contributed by atoms with Crippen LogP contribution in [0.25, 0.3) is 5.69 Å². The summed E-state index contributed by atoms with van der Waals surface area (Å²) in [6.07, 6.45) is -3.16. The zero-order valence-corrected chi connectivity index (χ0v) is 15.8. The van der Waals surface area contributed by atoms with E-state index in [0.717, 1.165) is 12.1 Å². The molecule has 2 amide bonds. The fourth-order valence-electron chi connectivity index (χ4n) is 4.07. The lowest BCUT2D eigenvalue weighted by atomic mass is 9.72. The molecule has 2 aliphatic rings. The van der Waals surface area contributed by atoms with Gasteiger partial charge in [0.05, 0.1) is 28.2 Å². The Hall–Kier alpha value is -3.33. The molecule has 0 unspecified atom stereocenters. The number of anilines is 2. The zero-order valence-electron chi connectivity index (χ0n) is 15.0. The minimum atomic E-state index is -4.47. The van der Waals surface area contributed by atoms with Crippen LogP contribution in [0.2, 0.25) is 5.02 Å². The molecule has 3 aromatic rings. The number of nitrogens with one attached hydrogen (secondary N) is 2. The Bertz CT molecular complexity index is 1220. The lowest BCUT2D eigenvalue weighted by molar-refractivity contribution is -0.137. The van der Waals surface area contributed by atoms with Crippen molar-refractivity contribution in [3.63, 3.8) is 0 Å². The molecule has 0 saturated heterocycles. The van der Waals surface area contributed by atoms with Crippen LogP contribution in [-0.4, -0.2) is 21.6 Å². The van der Waals surface area contributed by atoms with Crippen LogP contribution in [0.1, 0.15) is 23.1 Å². The maximum Gasteiger partial charge on any atom is 0.416 e. The standard InChI is InChI=1S/C20H12ClF3N4O2/c21-14-3-1-2-12-16(14)27-18(30)19(12)8-15(29)26-17-13(19)9-25-28(17)11-6-4-10(5-7-11)20(22,23)24/h1-7,9H,8H2,(H,26,29)(H,27,30)/t19-/m1/s1. The van der Waals surface area contributed by atoms with Crippen molar-refractivity contribution in [1.29, 1.82) is 0 Å². The normalized spacial score (nSPS) is 20.0. The van der Waals surface area contributed by atoms with Crippen molar-refractivity contribution in [2.75, 3.05) is 10.6 Å². The van der Waals surface area contributed by atoms with E-state index in [1.807, 2.05) is 0 Å². The SMILES string of the molecule is O=C1C[C@]2(C(=O)Nc3c(Cl)cccc32)c2cnn(-c3ccc(C(F)(F)F)cc3)c2N1. The smallest absolute Gasteiger partial charge is 0.323 e. The number of carbonyl (C=O) groups excluding carboxylic acids is 2. The van der Waals surface area contributed by atoms with Crippen molar-refractivity contribution in [2.24, 2.45) is 0 Å². The molecule has 1 spiro atoms. The Morgan fingerprint density at radius 2 is 1.77 bits per heavy atom. The van der Waals surface area contributed by atoms with Gasteiger partial charge in [-0.2, -0.15) is 18.3 Å². The van der Waals surface area contributed by atoms with E-state index in [4.69, 9.17) is 11.6 Å². The van der Waals surface area contributed by atoms with Gasteiger partial charge in [-0.05, 0) is 35.9 Å². The number of amides is 2. The fourth-order valence-corrected chi connectivity index (χ4v) is 4.29. The van der Waals surface area contributed by atoms with Crippen molar-refractivity contribution in [1.82, 2.24) is 9.78 Å². The second-order valence-electron chi connectivity index (χ2n) is 7.11. The maximum atomic E-state index is 13.1. The van der Waals surface area contributed by atoms with Crippen molar-refractivity contribution >= 4 is 34.9 Å². The van der Waals surface area contributed by atoms with Crippen LogP contribution in [-0.2, 0) is 21.2 Å². The first-order chi connectivity index (χ1) is 14.2. The summed E-state index contributed by atoms with van der Waals surface area (Å²) in [6, 6.07) is 9.41. The van der Waals surface area contributed by atoms with E-state index in [1.54, 1.807) is 18.2 Å². The van der Waals surface area contributed by atoms with Gasteiger partial charge in [0.25, 0.3) is 0 Å². The molecular formula is C20H12ClF3N4O2. The van der Waals surface area contributed by atoms with Gasteiger partial charge in [-0.25, -0.2) is 4.68 Å². The van der Waals surface area contributed by atoms with Crippen molar-refractivity contribution < 1.29 is 22.8 Å². The van der Waals surface area contributed by atoms with E-state index in [-0.39, 0.29) is 12.2 Å². The molecular weight excluding hydrogens is 421 g/mol. The highest BCUT2D eigenvalue weighted by atomic mass is 35.5. The Morgan fingerprint density at radius 1 is 1.03 bits per heavy atom. The number of rotatable bonds is 1. The molecule has 30 heavy (non-hydrogen) atoms. The van der Waals surface area contributed by atoms with E-state index in [2.05, 4.69) is 15.7 Å². The lowest BCUT2D eigenvalue weighted by Crippen LogP contribution is -2.43. The second kappa shape index (κ2) is 6.09. The van der Waals surface area contributed by atoms with Crippen LogP contribution in [0.4, 0.5) is 24.7 Å². The minimum Gasteiger partial charge on any atom is -0.323 e. The van der Waals surface area contributed by atoms with Crippen molar-refractivity contribution in [3.8, 4) is 5.69 Å². The summed E-state index contributed by atoms with van der Waals surface area (Å²) >= 11 is 6.23. The number of hydrogen-bond acceptors (Lipinski definition) is 3. The molecule has 2 aliphatic heterocycles. The summed E-state index contributed by atoms with van der Waals surface area (Å²) in [7, 11) is 0. The van der Waals surface area contributed by atoms with Gasteiger partial charge in [0.1, 0.15) is 11.2 Å². The highest BCUT2D eigenvalue weighted by Gasteiger charge is 2.54. The van der Waals surface area contributed by atoms with Gasteiger partial charge in [0.2, 0.25) is 11.8 Å². The van der Waals surface area contributed by atoms with E-state index < -0.39 is 29.0 Å². The van der Waals surface area contributed by atoms with Gasteiger partial charge < -0.3 is 10.6 Å². The van der Waals surface area contributed by atoms with Gasteiger partial charge in [0, 0.05) is 12.0 Å². The number of fused-ring (bicyclic) bond motifs is 4. The van der Waals surface area contributed by atoms with E-state index >= 15 is 0 Å². The largest absolute Gasteiger partial charge is 0.416 e. The zero-order chi connectivity index (χ0) is 21.3. The summed E-state index contributed by atoms with van der Waals surface area (Å²) in [6.45, 7) is 0. The summed E-state index contributed by atoms with van der Waals surface area (Å²) in [5, 5.41) is 10.0. The Morgan fingerprint density at radius 3 is 2.47 bits per heavy atom. The molecule has 5 rings (SSSR count). The van der Waals surface area contributed by atoms with Gasteiger partial charge >= 0.3 is 6.18 Å². The van der Waals surface area contributed by atoms with E-state index in [9.17, 15) is 22.8 Å². The lowest BCUT2D eigenvalue weighted by Gasteiger charge is -2.31. The van der Waals surface area contributed by atoms with Crippen LogP contribution < -0.4 is 10.6 Å². The number of aromatic nitrogens is 2. The molecule has 2 N–H and O–H groups in total. The first-order valence-corrected chi connectivity index (χ1v) is 9.26. The molecule has 0 saturated carbocycles. The summed E-state index contributed by atoms with van der Waals surface area (Å²) in [5.74, 6) is -0.596. The van der Waals surface area contributed by atoms with E-state index in [0.29, 0.717) is 27.5 Å². The average molecular weight is 433 g/mol. The monoisotopic (exact) mass is 432 g/mol. The molecule has 0 fully saturated rings. The number of hydrogen-bond donors (Lipinski definition) is 2. The Labute approximate surface area is 172 Å². The summed E-state index contributed by atoms with van der Waals surface area (Å²) in [4.78, 5) is 25.6. The van der Waals surface area contributed by atoms with Crippen LogP contribution in [0.5, 0.6) is 0 Å². The molecule has 1 aromatic heterocycles.